The average molecular weight is 241 g/mol. The molecule has 90 valence electrons. The Morgan fingerprint density at radius 1 is 1.56 bits per heavy atom. The lowest BCUT2D eigenvalue weighted by atomic mass is 10.1. The minimum absolute atomic E-state index is 0.0110. The predicted molar refractivity (Wildman–Crippen MR) is 66.4 cm³/mol. The fourth-order valence-electron chi connectivity index (χ4n) is 1.37. The number of hydrogen-bond acceptors (Lipinski definition) is 3. The molecule has 3 nitrogen and oxygen atoms in total. The topological polar surface area (TPSA) is 49.3 Å². The van der Waals surface area contributed by atoms with Gasteiger partial charge in [-0.15, -0.1) is 11.3 Å². The van der Waals surface area contributed by atoms with Gasteiger partial charge in [0.25, 0.3) is 0 Å². The summed E-state index contributed by atoms with van der Waals surface area (Å²) in [7, 11) is 0. The van der Waals surface area contributed by atoms with Crippen molar-refractivity contribution < 1.29 is 9.90 Å². The van der Waals surface area contributed by atoms with Gasteiger partial charge in [0.2, 0.25) is 5.91 Å². The molecule has 1 amide bonds. The normalized spacial score (nSPS) is 13.5. The molecular weight excluding hydrogens is 222 g/mol. The average Bonchev–Trinajstić information content (AvgIpc) is 2.64. The highest BCUT2D eigenvalue weighted by atomic mass is 32.1. The van der Waals surface area contributed by atoms with Crippen LogP contribution in [0.25, 0.3) is 0 Å². The van der Waals surface area contributed by atoms with Crippen molar-refractivity contribution in [3.8, 4) is 0 Å². The standard InChI is InChI=1S/C12H19NO2S/c1-12(2,3)13-11(15)7-6-9(14)10-5-4-8-16-10/h4-5,8-9,14H,6-7H2,1-3H3,(H,13,15). The van der Waals surface area contributed by atoms with E-state index in [1.54, 1.807) is 0 Å². The van der Waals surface area contributed by atoms with Crippen LogP contribution in [-0.4, -0.2) is 16.6 Å². The van der Waals surface area contributed by atoms with E-state index in [0.717, 1.165) is 4.88 Å². The summed E-state index contributed by atoms with van der Waals surface area (Å²) < 4.78 is 0. The molecule has 2 N–H and O–H groups in total. The third kappa shape index (κ3) is 4.77. The molecule has 0 spiro atoms. The van der Waals surface area contributed by atoms with Gasteiger partial charge in [0.15, 0.2) is 0 Å². The van der Waals surface area contributed by atoms with Crippen LogP contribution in [0.4, 0.5) is 0 Å². The molecule has 4 heteroatoms. The van der Waals surface area contributed by atoms with E-state index in [1.807, 2.05) is 38.3 Å². The molecule has 0 bridgehead atoms. The fraction of sp³-hybridized carbons (Fsp3) is 0.583. The molecule has 1 aromatic heterocycles. The molecule has 0 aliphatic heterocycles. The number of rotatable bonds is 4. The SMILES string of the molecule is CC(C)(C)NC(=O)CCC(O)c1cccs1. The number of amides is 1. The maximum atomic E-state index is 11.5. The highest BCUT2D eigenvalue weighted by molar-refractivity contribution is 7.10. The van der Waals surface area contributed by atoms with Crippen LogP contribution in [0.5, 0.6) is 0 Å². The van der Waals surface area contributed by atoms with Gasteiger partial charge in [-0.2, -0.15) is 0 Å². The molecule has 16 heavy (non-hydrogen) atoms. The largest absolute Gasteiger partial charge is 0.388 e. The van der Waals surface area contributed by atoms with Gasteiger partial charge in [-0.1, -0.05) is 6.07 Å². The molecule has 0 saturated heterocycles. The summed E-state index contributed by atoms with van der Waals surface area (Å²) in [6, 6.07) is 3.79. The number of nitrogens with one attached hydrogen (secondary N) is 1. The molecule has 0 aliphatic rings. The first-order valence-electron chi connectivity index (χ1n) is 5.41. The van der Waals surface area contributed by atoms with Gasteiger partial charge in [0.05, 0.1) is 6.10 Å². The van der Waals surface area contributed by atoms with Crippen molar-refractivity contribution in [3.63, 3.8) is 0 Å². The van der Waals surface area contributed by atoms with Gasteiger partial charge >= 0.3 is 0 Å². The van der Waals surface area contributed by atoms with Crippen LogP contribution in [-0.2, 0) is 4.79 Å². The first-order valence-corrected chi connectivity index (χ1v) is 6.29. The van der Waals surface area contributed by atoms with Crippen molar-refractivity contribution in [3.05, 3.63) is 22.4 Å². The Morgan fingerprint density at radius 2 is 2.25 bits per heavy atom. The van der Waals surface area contributed by atoms with E-state index in [2.05, 4.69) is 5.32 Å². The summed E-state index contributed by atoms with van der Waals surface area (Å²) in [5, 5.41) is 14.6. The number of hydrogen-bond donors (Lipinski definition) is 2. The van der Waals surface area contributed by atoms with Crippen LogP contribution < -0.4 is 5.32 Å². The number of thiophene rings is 1. The van der Waals surface area contributed by atoms with Gasteiger partial charge in [0.1, 0.15) is 0 Å². The maximum absolute atomic E-state index is 11.5. The molecule has 0 fully saturated rings. The van der Waals surface area contributed by atoms with Crippen LogP contribution in [0, 0.1) is 0 Å². The summed E-state index contributed by atoms with van der Waals surface area (Å²) >= 11 is 1.51. The Hall–Kier alpha value is -0.870. The first kappa shape index (κ1) is 13.2. The van der Waals surface area contributed by atoms with Crippen molar-refractivity contribution in [2.75, 3.05) is 0 Å². The summed E-state index contributed by atoms with van der Waals surface area (Å²) in [5.41, 5.74) is -0.203. The molecule has 1 unspecified atom stereocenters. The van der Waals surface area contributed by atoms with Crippen LogP contribution in [0.15, 0.2) is 17.5 Å². The predicted octanol–water partition coefficient (Wildman–Crippen LogP) is 2.48. The molecular formula is C12H19NO2S. The number of carbonyl (C=O) groups is 1. The molecule has 0 saturated carbocycles. The highest BCUT2D eigenvalue weighted by Crippen LogP contribution is 2.22. The molecule has 1 atom stereocenters. The van der Waals surface area contributed by atoms with Gasteiger partial charge in [-0.05, 0) is 38.6 Å². The fourth-order valence-corrected chi connectivity index (χ4v) is 2.12. The quantitative estimate of drug-likeness (QED) is 0.850. The molecule has 1 aromatic rings. The van der Waals surface area contributed by atoms with E-state index >= 15 is 0 Å². The molecule has 0 aromatic carbocycles. The van der Waals surface area contributed by atoms with Crippen LogP contribution in [0.1, 0.15) is 44.6 Å². The minimum Gasteiger partial charge on any atom is -0.388 e. The highest BCUT2D eigenvalue weighted by Gasteiger charge is 2.15. The van der Waals surface area contributed by atoms with Gasteiger partial charge < -0.3 is 10.4 Å². The molecule has 1 heterocycles. The second kappa shape index (κ2) is 5.46. The van der Waals surface area contributed by atoms with E-state index in [1.165, 1.54) is 11.3 Å². The van der Waals surface area contributed by atoms with E-state index in [4.69, 9.17) is 0 Å². The Balaban J connectivity index is 2.32. The van der Waals surface area contributed by atoms with Gasteiger partial charge in [-0.25, -0.2) is 0 Å². The van der Waals surface area contributed by atoms with Gasteiger partial charge in [-0.3, -0.25) is 4.79 Å². The Kier molecular flexibility index (Phi) is 4.50. The summed E-state index contributed by atoms with van der Waals surface area (Å²) in [4.78, 5) is 12.4. The van der Waals surface area contributed by atoms with Crippen molar-refractivity contribution in [1.82, 2.24) is 5.32 Å². The smallest absolute Gasteiger partial charge is 0.220 e. The van der Waals surface area contributed by atoms with Crippen LogP contribution in [0.3, 0.4) is 0 Å². The Labute approximate surface area is 100 Å². The zero-order valence-electron chi connectivity index (χ0n) is 9.99. The van der Waals surface area contributed by atoms with Crippen LogP contribution in [0.2, 0.25) is 0 Å². The Bertz CT molecular complexity index is 327. The van der Waals surface area contributed by atoms with E-state index in [-0.39, 0.29) is 11.4 Å². The second-order valence-electron chi connectivity index (χ2n) is 4.87. The zero-order valence-corrected chi connectivity index (χ0v) is 10.8. The molecule has 0 aliphatic carbocycles. The van der Waals surface area contributed by atoms with Crippen molar-refractivity contribution >= 4 is 17.2 Å². The number of carbonyl (C=O) groups excluding carboxylic acids is 1. The van der Waals surface area contributed by atoms with Gasteiger partial charge in [0, 0.05) is 16.8 Å². The lowest BCUT2D eigenvalue weighted by Crippen LogP contribution is -2.40. The van der Waals surface area contributed by atoms with Crippen molar-refractivity contribution in [2.24, 2.45) is 0 Å². The number of aliphatic hydroxyl groups excluding tert-OH is 1. The maximum Gasteiger partial charge on any atom is 0.220 e. The summed E-state index contributed by atoms with van der Waals surface area (Å²) in [6.45, 7) is 5.84. The second-order valence-corrected chi connectivity index (χ2v) is 5.85. The van der Waals surface area contributed by atoms with Crippen LogP contribution >= 0.6 is 11.3 Å². The number of aliphatic hydroxyl groups is 1. The van der Waals surface area contributed by atoms with E-state index in [0.29, 0.717) is 12.8 Å². The van der Waals surface area contributed by atoms with E-state index in [9.17, 15) is 9.90 Å². The zero-order chi connectivity index (χ0) is 12.2. The lowest BCUT2D eigenvalue weighted by molar-refractivity contribution is -0.123. The third-order valence-corrected chi connectivity index (χ3v) is 3.00. The summed E-state index contributed by atoms with van der Waals surface area (Å²) in [6.07, 6.45) is 0.310. The Morgan fingerprint density at radius 3 is 2.75 bits per heavy atom. The lowest BCUT2D eigenvalue weighted by Gasteiger charge is -2.20. The van der Waals surface area contributed by atoms with Crippen molar-refractivity contribution in [1.29, 1.82) is 0 Å². The molecule has 1 rings (SSSR count). The first-order chi connectivity index (χ1) is 7.38. The minimum atomic E-state index is -0.522. The third-order valence-electron chi connectivity index (χ3n) is 2.03. The summed E-state index contributed by atoms with van der Waals surface area (Å²) in [5.74, 6) is -0.0110. The molecule has 0 radical (unpaired) electrons. The monoisotopic (exact) mass is 241 g/mol. The van der Waals surface area contributed by atoms with Crippen molar-refractivity contribution in [2.45, 2.75) is 45.3 Å². The van der Waals surface area contributed by atoms with E-state index < -0.39 is 6.10 Å².